The fourth-order valence-corrected chi connectivity index (χ4v) is 2.16. The van der Waals surface area contributed by atoms with Gasteiger partial charge in [-0.1, -0.05) is 13.8 Å². The predicted octanol–water partition coefficient (Wildman–Crippen LogP) is 2.67. The highest BCUT2D eigenvalue weighted by molar-refractivity contribution is 7.09. The monoisotopic (exact) mass is 285 g/mol. The molecule has 1 heterocycles. The topological polar surface area (TPSA) is 77.2 Å². The lowest BCUT2D eigenvalue weighted by Crippen LogP contribution is -2.36. The van der Waals surface area contributed by atoms with Crippen LogP contribution >= 0.6 is 11.3 Å². The summed E-state index contributed by atoms with van der Waals surface area (Å²) in [5.41, 5.74) is 7.60. The molecule has 0 aliphatic carbocycles. The van der Waals surface area contributed by atoms with Gasteiger partial charge in [0.25, 0.3) is 0 Å². The van der Waals surface area contributed by atoms with E-state index < -0.39 is 0 Å². The summed E-state index contributed by atoms with van der Waals surface area (Å²) in [6.07, 6.45) is 4.99. The van der Waals surface area contributed by atoms with Gasteiger partial charge in [0.2, 0.25) is 0 Å². The summed E-state index contributed by atoms with van der Waals surface area (Å²) in [5.74, 6) is 0. The van der Waals surface area contributed by atoms with Crippen molar-refractivity contribution < 1.29 is 9.53 Å². The quantitative estimate of drug-likeness (QED) is 0.770. The summed E-state index contributed by atoms with van der Waals surface area (Å²) in [4.78, 5) is 16.5. The fourth-order valence-electron chi connectivity index (χ4n) is 1.66. The van der Waals surface area contributed by atoms with Crippen LogP contribution in [0.2, 0.25) is 0 Å². The molecule has 0 aliphatic heterocycles. The highest BCUT2D eigenvalue weighted by Crippen LogP contribution is 2.08. The molecule has 2 atom stereocenters. The van der Waals surface area contributed by atoms with Crippen molar-refractivity contribution >= 4 is 17.4 Å². The number of rotatable bonds is 8. The molecule has 0 fully saturated rings. The minimum Gasteiger partial charge on any atom is -0.444 e. The number of carbonyl (C=O) groups is 1. The van der Waals surface area contributed by atoms with Gasteiger partial charge >= 0.3 is 6.09 Å². The Kier molecular flexibility index (Phi) is 7.43. The number of nitrogens with one attached hydrogen (secondary N) is 1. The molecule has 0 unspecified atom stereocenters. The normalized spacial score (nSPS) is 13.8. The van der Waals surface area contributed by atoms with Crippen molar-refractivity contribution in [2.24, 2.45) is 5.73 Å². The lowest BCUT2D eigenvalue weighted by atomic mass is 10.0. The smallest absolute Gasteiger partial charge is 0.407 e. The number of carbonyl (C=O) groups excluding carboxylic acids is 1. The molecule has 1 aromatic rings. The number of hydrogen-bond donors (Lipinski definition) is 2. The zero-order valence-electron chi connectivity index (χ0n) is 11.6. The first-order valence-electron chi connectivity index (χ1n) is 6.71. The Morgan fingerprint density at radius 3 is 2.84 bits per heavy atom. The fraction of sp³-hybridized carbons (Fsp3) is 0.692. The summed E-state index contributed by atoms with van der Waals surface area (Å²) in [7, 11) is 0. The van der Waals surface area contributed by atoms with Gasteiger partial charge in [-0.15, -0.1) is 11.3 Å². The summed E-state index contributed by atoms with van der Waals surface area (Å²) < 4.78 is 5.14. The van der Waals surface area contributed by atoms with Gasteiger partial charge < -0.3 is 15.8 Å². The maximum Gasteiger partial charge on any atom is 0.407 e. The highest BCUT2D eigenvalue weighted by Gasteiger charge is 2.13. The van der Waals surface area contributed by atoms with E-state index in [9.17, 15) is 4.79 Å². The number of aromatic nitrogens is 1. The van der Waals surface area contributed by atoms with Crippen LogP contribution in [0.25, 0.3) is 0 Å². The molecule has 0 radical (unpaired) electrons. The third-order valence-electron chi connectivity index (χ3n) is 3.05. The Balaban J connectivity index is 2.24. The minimum atomic E-state index is -0.370. The van der Waals surface area contributed by atoms with Crippen molar-refractivity contribution in [3.05, 3.63) is 16.6 Å². The number of thiazole rings is 1. The van der Waals surface area contributed by atoms with Crippen LogP contribution < -0.4 is 11.1 Å². The highest BCUT2D eigenvalue weighted by atomic mass is 32.1. The van der Waals surface area contributed by atoms with Crippen LogP contribution in [0.15, 0.2) is 11.7 Å². The molecule has 0 spiro atoms. The summed E-state index contributed by atoms with van der Waals surface area (Å²) in [6, 6.07) is 0.343. The molecule has 5 nitrogen and oxygen atoms in total. The molecule has 0 aliphatic rings. The van der Waals surface area contributed by atoms with Crippen LogP contribution in [0.4, 0.5) is 4.79 Å². The Morgan fingerprint density at radius 1 is 1.47 bits per heavy atom. The lowest BCUT2D eigenvalue weighted by Gasteiger charge is -2.18. The van der Waals surface area contributed by atoms with Gasteiger partial charge in [0.15, 0.2) is 0 Å². The first-order chi connectivity index (χ1) is 9.15. The van der Waals surface area contributed by atoms with E-state index >= 15 is 0 Å². The second-order valence-corrected chi connectivity index (χ2v) is 5.51. The average Bonchev–Trinajstić information content (AvgIpc) is 2.93. The standard InChI is InChI=1S/C13H23N3O2S/c1-3-10(14)5-6-11(4-2)16-13(17)18-8-12-7-15-9-19-12/h7,9-11H,3-6,8,14H2,1-2H3,(H,16,17)/t10-,11-/m0/s1. The first kappa shape index (κ1) is 15.9. The van der Waals surface area contributed by atoms with E-state index in [2.05, 4.69) is 17.2 Å². The Morgan fingerprint density at radius 2 is 2.26 bits per heavy atom. The summed E-state index contributed by atoms with van der Waals surface area (Å²) in [5, 5.41) is 2.88. The SMILES string of the molecule is CC[C@H](N)CC[C@H](CC)NC(=O)OCc1cncs1. The molecule has 0 bridgehead atoms. The van der Waals surface area contributed by atoms with Crippen molar-refractivity contribution in [3.8, 4) is 0 Å². The molecule has 0 saturated heterocycles. The molecule has 1 rings (SSSR count). The first-order valence-corrected chi connectivity index (χ1v) is 7.59. The van der Waals surface area contributed by atoms with Crippen LogP contribution in [0.1, 0.15) is 44.4 Å². The third kappa shape index (κ3) is 6.54. The Hall–Kier alpha value is -1.14. The van der Waals surface area contributed by atoms with Crippen molar-refractivity contribution in [1.29, 1.82) is 0 Å². The summed E-state index contributed by atoms with van der Waals surface area (Å²) >= 11 is 1.47. The van der Waals surface area contributed by atoms with Crippen LogP contribution in [-0.2, 0) is 11.3 Å². The molecule has 0 aromatic carbocycles. The minimum absolute atomic E-state index is 0.131. The molecule has 1 aromatic heterocycles. The van der Waals surface area contributed by atoms with E-state index in [1.165, 1.54) is 11.3 Å². The van der Waals surface area contributed by atoms with Crippen molar-refractivity contribution in [1.82, 2.24) is 10.3 Å². The van der Waals surface area contributed by atoms with Crippen molar-refractivity contribution in [3.63, 3.8) is 0 Å². The molecular formula is C13H23N3O2S. The average molecular weight is 285 g/mol. The third-order valence-corrected chi connectivity index (χ3v) is 3.81. The molecule has 19 heavy (non-hydrogen) atoms. The Bertz CT molecular complexity index is 357. The van der Waals surface area contributed by atoms with Crippen molar-refractivity contribution in [2.45, 2.75) is 58.2 Å². The van der Waals surface area contributed by atoms with E-state index in [0.29, 0.717) is 0 Å². The number of nitrogens with zero attached hydrogens (tertiary/aromatic N) is 1. The van der Waals surface area contributed by atoms with Crippen molar-refractivity contribution in [2.75, 3.05) is 0 Å². The number of amides is 1. The molecule has 6 heteroatoms. The molecule has 3 N–H and O–H groups in total. The maximum absolute atomic E-state index is 11.6. The Labute approximate surface area is 118 Å². The van der Waals surface area contributed by atoms with E-state index in [-0.39, 0.29) is 24.8 Å². The predicted molar refractivity (Wildman–Crippen MR) is 77.0 cm³/mol. The van der Waals surface area contributed by atoms with Gasteiger partial charge in [0.1, 0.15) is 6.61 Å². The van der Waals surface area contributed by atoms with E-state index in [4.69, 9.17) is 10.5 Å². The van der Waals surface area contributed by atoms with Crippen LogP contribution in [0, 0.1) is 0 Å². The number of ether oxygens (including phenoxy) is 1. The maximum atomic E-state index is 11.6. The van der Waals surface area contributed by atoms with Crippen LogP contribution in [0.3, 0.4) is 0 Å². The molecule has 0 saturated carbocycles. The van der Waals surface area contributed by atoms with E-state index in [0.717, 1.165) is 30.6 Å². The second kappa shape index (κ2) is 8.87. The van der Waals surface area contributed by atoms with Gasteiger partial charge in [-0.25, -0.2) is 4.79 Å². The number of nitrogens with two attached hydrogens (primary N) is 1. The lowest BCUT2D eigenvalue weighted by molar-refractivity contribution is 0.135. The zero-order chi connectivity index (χ0) is 14.1. The molecular weight excluding hydrogens is 262 g/mol. The van der Waals surface area contributed by atoms with Gasteiger partial charge in [-0.3, -0.25) is 4.98 Å². The van der Waals surface area contributed by atoms with Crippen LogP contribution in [-0.4, -0.2) is 23.2 Å². The molecule has 1 amide bonds. The van der Waals surface area contributed by atoms with Gasteiger partial charge in [-0.2, -0.15) is 0 Å². The van der Waals surface area contributed by atoms with Gasteiger partial charge in [0, 0.05) is 18.3 Å². The van der Waals surface area contributed by atoms with E-state index in [1.807, 2.05) is 6.92 Å². The number of alkyl carbamates (subject to hydrolysis) is 1. The van der Waals surface area contributed by atoms with Crippen LogP contribution in [0.5, 0.6) is 0 Å². The number of hydrogen-bond acceptors (Lipinski definition) is 5. The van der Waals surface area contributed by atoms with Gasteiger partial charge in [-0.05, 0) is 25.7 Å². The molecule has 108 valence electrons. The largest absolute Gasteiger partial charge is 0.444 e. The summed E-state index contributed by atoms with van der Waals surface area (Å²) in [6.45, 7) is 4.40. The zero-order valence-corrected chi connectivity index (χ0v) is 12.4. The van der Waals surface area contributed by atoms with E-state index in [1.54, 1.807) is 11.7 Å². The second-order valence-electron chi connectivity index (χ2n) is 4.54. The van der Waals surface area contributed by atoms with Gasteiger partial charge in [0.05, 0.1) is 10.4 Å².